The van der Waals surface area contributed by atoms with Gasteiger partial charge in [-0.15, -0.1) is 0 Å². The van der Waals surface area contributed by atoms with Crippen LogP contribution >= 0.6 is 23.4 Å². The first-order valence-corrected chi connectivity index (χ1v) is 7.54. The lowest BCUT2D eigenvalue weighted by Gasteiger charge is -2.16. The zero-order valence-corrected chi connectivity index (χ0v) is 12.3. The standard InChI is InChI=1S/C13H15ClN2O3S/c14-10-3-1-2-9(6-10)11(17)7-15-12(18)8-16-4-5-20-13(16)19/h1-3,6,11,17H,4-5,7-8H2,(H,15,18)/t11-/m0/s1. The van der Waals surface area contributed by atoms with Gasteiger partial charge in [0.15, 0.2) is 0 Å². The number of aliphatic hydroxyl groups is 1. The van der Waals surface area contributed by atoms with Crippen LogP contribution in [0.15, 0.2) is 24.3 Å². The molecule has 0 saturated carbocycles. The van der Waals surface area contributed by atoms with Crippen molar-refractivity contribution in [3.05, 3.63) is 34.9 Å². The Labute approximate surface area is 126 Å². The van der Waals surface area contributed by atoms with Crippen molar-refractivity contribution in [3.63, 3.8) is 0 Å². The average Bonchev–Trinajstić information content (AvgIpc) is 2.81. The summed E-state index contributed by atoms with van der Waals surface area (Å²) in [6.07, 6.45) is -0.818. The molecule has 0 spiro atoms. The molecule has 1 fully saturated rings. The molecule has 0 bridgehead atoms. The fraction of sp³-hybridized carbons (Fsp3) is 0.385. The molecule has 0 aromatic heterocycles. The van der Waals surface area contributed by atoms with E-state index in [2.05, 4.69) is 5.32 Å². The topological polar surface area (TPSA) is 69.6 Å². The Kier molecular flexibility index (Phi) is 5.28. The number of nitrogens with one attached hydrogen (secondary N) is 1. The van der Waals surface area contributed by atoms with Gasteiger partial charge in [0.2, 0.25) is 5.91 Å². The number of aliphatic hydroxyl groups excluding tert-OH is 1. The molecule has 1 aliphatic rings. The van der Waals surface area contributed by atoms with Crippen LogP contribution in [0.1, 0.15) is 11.7 Å². The molecular formula is C13H15ClN2O3S. The molecule has 1 aromatic carbocycles. The van der Waals surface area contributed by atoms with Gasteiger partial charge >= 0.3 is 0 Å². The van der Waals surface area contributed by atoms with E-state index in [1.807, 2.05) is 0 Å². The predicted octanol–water partition coefficient (Wildman–Crippen LogP) is 1.66. The van der Waals surface area contributed by atoms with E-state index in [4.69, 9.17) is 11.6 Å². The first-order chi connectivity index (χ1) is 9.56. The molecule has 1 aliphatic heterocycles. The minimum atomic E-state index is -0.818. The van der Waals surface area contributed by atoms with Crippen molar-refractivity contribution in [2.75, 3.05) is 25.4 Å². The molecule has 1 saturated heterocycles. The molecule has 7 heteroatoms. The monoisotopic (exact) mass is 314 g/mol. The van der Waals surface area contributed by atoms with Crippen LogP contribution in [0.4, 0.5) is 4.79 Å². The number of halogens is 1. The van der Waals surface area contributed by atoms with Gasteiger partial charge in [0.05, 0.1) is 6.10 Å². The lowest BCUT2D eigenvalue weighted by molar-refractivity contribution is -0.122. The molecule has 5 nitrogen and oxygen atoms in total. The molecule has 2 amide bonds. The van der Waals surface area contributed by atoms with E-state index in [1.165, 1.54) is 16.7 Å². The van der Waals surface area contributed by atoms with Crippen LogP contribution < -0.4 is 5.32 Å². The van der Waals surface area contributed by atoms with Crippen LogP contribution in [0.25, 0.3) is 0 Å². The molecule has 1 heterocycles. The Bertz CT molecular complexity index is 512. The van der Waals surface area contributed by atoms with Crippen molar-refractivity contribution in [2.24, 2.45) is 0 Å². The van der Waals surface area contributed by atoms with Crippen LogP contribution in [0.2, 0.25) is 5.02 Å². The lowest BCUT2D eigenvalue weighted by atomic mass is 10.1. The zero-order chi connectivity index (χ0) is 14.5. The summed E-state index contributed by atoms with van der Waals surface area (Å²) in [4.78, 5) is 24.5. The molecule has 108 valence electrons. The summed E-state index contributed by atoms with van der Waals surface area (Å²) >= 11 is 7.05. The van der Waals surface area contributed by atoms with E-state index >= 15 is 0 Å². The molecule has 2 N–H and O–H groups in total. The highest BCUT2D eigenvalue weighted by Crippen LogP contribution is 2.18. The van der Waals surface area contributed by atoms with Gasteiger partial charge in [-0.2, -0.15) is 0 Å². The maximum absolute atomic E-state index is 11.7. The van der Waals surface area contributed by atoms with E-state index in [-0.39, 0.29) is 24.2 Å². The van der Waals surface area contributed by atoms with Gasteiger partial charge in [-0.3, -0.25) is 9.59 Å². The number of rotatable bonds is 5. The van der Waals surface area contributed by atoms with Crippen LogP contribution in [0, 0.1) is 0 Å². The number of thioether (sulfide) groups is 1. The third kappa shape index (κ3) is 4.13. The first kappa shape index (κ1) is 15.2. The Hall–Kier alpha value is -1.24. The van der Waals surface area contributed by atoms with E-state index in [1.54, 1.807) is 24.3 Å². The number of carbonyl (C=O) groups is 2. The van der Waals surface area contributed by atoms with Crippen LogP contribution in [0.3, 0.4) is 0 Å². The van der Waals surface area contributed by atoms with E-state index in [0.29, 0.717) is 17.1 Å². The SMILES string of the molecule is O=C(CN1CCSC1=O)NC[C@H](O)c1cccc(Cl)c1. The Balaban J connectivity index is 1.79. The third-order valence-corrected chi connectivity index (χ3v) is 4.03. The number of nitrogens with zero attached hydrogens (tertiary/aromatic N) is 1. The normalized spacial score (nSPS) is 16.3. The molecule has 1 aromatic rings. The molecule has 1 atom stereocenters. The second kappa shape index (κ2) is 6.97. The highest BCUT2D eigenvalue weighted by molar-refractivity contribution is 8.13. The largest absolute Gasteiger partial charge is 0.387 e. The highest BCUT2D eigenvalue weighted by Gasteiger charge is 2.23. The summed E-state index contributed by atoms with van der Waals surface area (Å²) in [5, 5.41) is 13.0. The Morgan fingerprint density at radius 3 is 3.00 bits per heavy atom. The van der Waals surface area contributed by atoms with Gasteiger partial charge in [0.1, 0.15) is 6.54 Å². The predicted molar refractivity (Wildman–Crippen MR) is 78.8 cm³/mol. The number of benzene rings is 1. The van der Waals surface area contributed by atoms with Crippen molar-refractivity contribution in [1.82, 2.24) is 10.2 Å². The van der Waals surface area contributed by atoms with Crippen molar-refractivity contribution in [1.29, 1.82) is 0 Å². The van der Waals surface area contributed by atoms with Crippen molar-refractivity contribution in [2.45, 2.75) is 6.10 Å². The maximum Gasteiger partial charge on any atom is 0.282 e. The minimum absolute atomic E-state index is 0.0358. The molecule has 0 radical (unpaired) electrons. The van der Waals surface area contributed by atoms with E-state index < -0.39 is 6.10 Å². The molecule has 0 unspecified atom stereocenters. The Morgan fingerprint density at radius 1 is 1.55 bits per heavy atom. The minimum Gasteiger partial charge on any atom is -0.387 e. The van der Waals surface area contributed by atoms with Gasteiger partial charge in [0, 0.05) is 23.9 Å². The first-order valence-electron chi connectivity index (χ1n) is 6.18. The van der Waals surface area contributed by atoms with Crippen LogP contribution in [-0.4, -0.2) is 46.5 Å². The van der Waals surface area contributed by atoms with Crippen LogP contribution in [-0.2, 0) is 4.79 Å². The van der Waals surface area contributed by atoms with Crippen molar-refractivity contribution >= 4 is 34.5 Å². The number of hydrogen-bond donors (Lipinski definition) is 2. The number of hydrogen-bond acceptors (Lipinski definition) is 4. The molecule has 2 rings (SSSR count). The highest BCUT2D eigenvalue weighted by atomic mass is 35.5. The van der Waals surface area contributed by atoms with Gasteiger partial charge in [-0.1, -0.05) is 35.5 Å². The van der Waals surface area contributed by atoms with Gasteiger partial charge in [-0.05, 0) is 17.7 Å². The average molecular weight is 315 g/mol. The second-order valence-corrected chi connectivity index (χ2v) is 5.89. The zero-order valence-electron chi connectivity index (χ0n) is 10.7. The fourth-order valence-electron chi connectivity index (χ4n) is 1.84. The quantitative estimate of drug-likeness (QED) is 0.867. The van der Waals surface area contributed by atoms with Gasteiger partial charge in [0.25, 0.3) is 5.24 Å². The summed E-state index contributed by atoms with van der Waals surface area (Å²) in [7, 11) is 0. The maximum atomic E-state index is 11.7. The van der Waals surface area contributed by atoms with E-state index in [9.17, 15) is 14.7 Å². The summed E-state index contributed by atoms with van der Waals surface area (Å²) < 4.78 is 0. The second-order valence-electron chi connectivity index (χ2n) is 4.41. The lowest BCUT2D eigenvalue weighted by Crippen LogP contribution is -2.38. The fourth-order valence-corrected chi connectivity index (χ4v) is 2.86. The summed E-state index contributed by atoms with van der Waals surface area (Å²) in [5.74, 6) is 0.444. The summed E-state index contributed by atoms with van der Waals surface area (Å²) in [5.41, 5.74) is 0.644. The van der Waals surface area contributed by atoms with Crippen LogP contribution in [0.5, 0.6) is 0 Å². The summed E-state index contributed by atoms with van der Waals surface area (Å²) in [6, 6.07) is 6.85. The smallest absolute Gasteiger partial charge is 0.282 e. The Morgan fingerprint density at radius 2 is 2.35 bits per heavy atom. The van der Waals surface area contributed by atoms with Gasteiger partial charge < -0.3 is 15.3 Å². The van der Waals surface area contributed by atoms with Crippen molar-refractivity contribution in [3.8, 4) is 0 Å². The third-order valence-electron chi connectivity index (χ3n) is 2.91. The van der Waals surface area contributed by atoms with E-state index in [0.717, 1.165) is 5.75 Å². The van der Waals surface area contributed by atoms with Crippen molar-refractivity contribution < 1.29 is 14.7 Å². The molecule has 0 aliphatic carbocycles. The molecule has 20 heavy (non-hydrogen) atoms. The summed E-state index contributed by atoms with van der Waals surface area (Å²) in [6.45, 7) is 0.718. The number of amides is 2. The van der Waals surface area contributed by atoms with Gasteiger partial charge in [-0.25, -0.2) is 0 Å². The number of carbonyl (C=O) groups excluding carboxylic acids is 2. The molecular weight excluding hydrogens is 300 g/mol.